The Morgan fingerprint density at radius 2 is 1.26 bits per heavy atom. The lowest BCUT2D eigenvalue weighted by molar-refractivity contribution is 0.763. The van der Waals surface area contributed by atoms with Crippen molar-refractivity contribution in [1.29, 1.82) is 0 Å². The maximum atomic E-state index is 3.54. The van der Waals surface area contributed by atoms with Crippen LogP contribution in [0.25, 0.3) is 21.9 Å². The molecule has 0 amide bonds. The van der Waals surface area contributed by atoms with Crippen LogP contribution in [0.15, 0.2) is 97.1 Å². The van der Waals surface area contributed by atoms with Gasteiger partial charge in [0.2, 0.25) is 0 Å². The first-order valence-electron chi connectivity index (χ1n) is 9.75. The molecule has 1 N–H and O–H groups in total. The van der Waals surface area contributed by atoms with Gasteiger partial charge in [-0.15, -0.1) is 0 Å². The Balaban J connectivity index is 1.30. The highest BCUT2D eigenvalue weighted by atomic mass is 14.9. The molecule has 134 valence electrons. The van der Waals surface area contributed by atoms with Crippen LogP contribution in [-0.4, -0.2) is 6.54 Å². The van der Waals surface area contributed by atoms with Gasteiger partial charge in [0.15, 0.2) is 0 Å². The fraction of sp³-hybridized carbons (Fsp3) is 0.154. The van der Waals surface area contributed by atoms with Crippen LogP contribution in [0.2, 0.25) is 0 Å². The topological polar surface area (TPSA) is 12.0 Å². The van der Waals surface area contributed by atoms with Gasteiger partial charge in [0.25, 0.3) is 0 Å². The van der Waals surface area contributed by atoms with Crippen molar-refractivity contribution in [2.75, 3.05) is 11.9 Å². The van der Waals surface area contributed by atoms with Gasteiger partial charge in [0.05, 0.1) is 0 Å². The molecule has 1 heteroatoms. The zero-order valence-corrected chi connectivity index (χ0v) is 15.6. The monoisotopic (exact) mass is 351 g/mol. The molecule has 0 saturated heterocycles. The van der Waals surface area contributed by atoms with Crippen LogP contribution >= 0.6 is 0 Å². The van der Waals surface area contributed by atoms with Gasteiger partial charge in [-0.1, -0.05) is 78.9 Å². The van der Waals surface area contributed by atoms with Crippen LogP contribution in [0.1, 0.15) is 18.4 Å². The van der Waals surface area contributed by atoms with Crippen molar-refractivity contribution in [3.05, 3.63) is 103 Å². The standard InChI is InChI=1S/C26H25N/c1-2-8-21(9-3-1)10-6-7-19-27-26-17-15-23(16-18-26)25-14-13-22-11-4-5-12-24(22)20-25/h1-5,8-9,11-18,20,27H,6-7,10,19H2. The Morgan fingerprint density at radius 1 is 0.556 bits per heavy atom. The molecule has 4 aromatic rings. The minimum absolute atomic E-state index is 1.02. The lowest BCUT2D eigenvalue weighted by atomic mass is 10.0. The number of rotatable bonds is 7. The van der Waals surface area contributed by atoms with Crippen LogP contribution in [0, 0.1) is 0 Å². The molecular formula is C26H25N. The average molecular weight is 351 g/mol. The van der Waals surface area contributed by atoms with E-state index in [4.69, 9.17) is 0 Å². The lowest BCUT2D eigenvalue weighted by Crippen LogP contribution is -2.01. The highest BCUT2D eigenvalue weighted by Crippen LogP contribution is 2.25. The van der Waals surface area contributed by atoms with Crippen LogP contribution in [0.4, 0.5) is 5.69 Å². The molecule has 0 unspecified atom stereocenters. The molecule has 0 spiro atoms. The molecular weight excluding hydrogens is 326 g/mol. The Labute approximate surface area is 161 Å². The maximum Gasteiger partial charge on any atom is 0.0340 e. The third-order valence-electron chi connectivity index (χ3n) is 5.03. The quantitative estimate of drug-likeness (QED) is 0.356. The molecule has 4 aromatic carbocycles. The van der Waals surface area contributed by atoms with E-state index in [9.17, 15) is 0 Å². The van der Waals surface area contributed by atoms with E-state index in [1.807, 2.05) is 0 Å². The second kappa shape index (κ2) is 8.55. The summed E-state index contributed by atoms with van der Waals surface area (Å²) in [7, 11) is 0. The van der Waals surface area contributed by atoms with Crippen LogP contribution in [0.3, 0.4) is 0 Å². The normalized spacial score (nSPS) is 10.8. The zero-order chi connectivity index (χ0) is 18.3. The minimum atomic E-state index is 1.02. The number of benzene rings is 4. The maximum absolute atomic E-state index is 3.54. The van der Waals surface area contributed by atoms with E-state index in [0.717, 1.165) is 13.0 Å². The van der Waals surface area contributed by atoms with E-state index in [1.165, 1.54) is 46.0 Å². The Kier molecular flexibility index (Phi) is 5.50. The predicted molar refractivity (Wildman–Crippen MR) is 117 cm³/mol. The summed E-state index contributed by atoms with van der Waals surface area (Å²) in [6.45, 7) is 1.02. The molecule has 0 atom stereocenters. The van der Waals surface area contributed by atoms with Crippen molar-refractivity contribution in [1.82, 2.24) is 0 Å². The van der Waals surface area contributed by atoms with E-state index < -0.39 is 0 Å². The Hall–Kier alpha value is -3.06. The molecule has 0 heterocycles. The van der Waals surface area contributed by atoms with E-state index in [-0.39, 0.29) is 0 Å². The van der Waals surface area contributed by atoms with Crippen molar-refractivity contribution in [3.8, 4) is 11.1 Å². The van der Waals surface area contributed by atoms with Gasteiger partial charge >= 0.3 is 0 Å². The smallest absolute Gasteiger partial charge is 0.0340 e. The number of hydrogen-bond donors (Lipinski definition) is 1. The Morgan fingerprint density at radius 3 is 2.07 bits per heavy atom. The molecule has 27 heavy (non-hydrogen) atoms. The first-order valence-corrected chi connectivity index (χ1v) is 9.75. The molecule has 0 radical (unpaired) electrons. The summed E-state index contributed by atoms with van der Waals surface area (Å²) < 4.78 is 0. The predicted octanol–water partition coefficient (Wildman–Crippen LogP) is 6.94. The lowest BCUT2D eigenvalue weighted by Gasteiger charge is -2.09. The molecule has 0 aliphatic heterocycles. The number of unbranched alkanes of at least 4 members (excludes halogenated alkanes) is 1. The van der Waals surface area contributed by atoms with E-state index in [2.05, 4.69) is 102 Å². The second-order valence-corrected chi connectivity index (χ2v) is 7.01. The van der Waals surface area contributed by atoms with Crippen LogP contribution < -0.4 is 5.32 Å². The van der Waals surface area contributed by atoms with Gasteiger partial charge in [0.1, 0.15) is 0 Å². The summed E-state index contributed by atoms with van der Waals surface area (Å²) in [4.78, 5) is 0. The van der Waals surface area contributed by atoms with Crippen LogP contribution in [-0.2, 0) is 6.42 Å². The van der Waals surface area contributed by atoms with Crippen molar-refractivity contribution < 1.29 is 0 Å². The second-order valence-electron chi connectivity index (χ2n) is 7.01. The first kappa shape index (κ1) is 17.4. The number of nitrogens with one attached hydrogen (secondary N) is 1. The SMILES string of the molecule is c1ccc(CCCCNc2ccc(-c3ccc4ccccc4c3)cc2)cc1. The number of anilines is 1. The summed E-state index contributed by atoms with van der Waals surface area (Å²) in [6, 6.07) is 34.7. The van der Waals surface area contributed by atoms with Gasteiger partial charge in [-0.25, -0.2) is 0 Å². The Bertz CT molecular complexity index is 987. The van der Waals surface area contributed by atoms with Gasteiger partial charge < -0.3 is 5.32 Å². The van der Waals surface area contributed by atoms with Crippen molar-refractivity contribution >= 4 is 16.5 Å². The molecule has 0 aliphatic carbocycles. The van der Waals surface area contributed by atoms with Crippen molar-refractivity contribution in [3.63, 3.8) is 0 Å². The third kappa shape index (κ3) is 4.57. The molecule has 1 nitrogen and oxygen atoms in total. The molecule has 0 aromatic heterocycles. The van der Waals surface area contributed by atoms with Gasteiger partial charge in [-0.2, -0.15) is 0 Å². The fourth-order valence-corrected chi connectivity index (χ4v) is 3.48. The van der Waals surface area contributed by atoms with E-state index >= 15 is 0 Å². The molecule has 0 saturated carbocycles. The van der Waals surface area contributed by atoms with E-state index in [1.54, 1.807) is 0 Å². The summed E-state index contributed by atoms with van der Waals surface area (Å²) in [6.07, 6.45) is 3.55. The fourth-order valence-electron chi connectivity index (χ4n) is 3.48. The third-order valence-corrected chi connectivity index (χ3v) is 5.03. The van der Waals surface area contributed by atoms with Crippen molar-refractivity contribution in [2.45, 2.75) is 19.3 Å². The largest absolute Gasteiger partial charge is 0.385 e. The highest BCUT2D eigenvalue weighted by molar-refractivity contribution is 5.87. The summed E-state index contributed by atoms with van der Waals surface area (Å²) >= 11 is 0. The number of hydrogen-bond acceptors (Lipinski definition) is 1. The number of aryl methyl sites for hydroxylation is 1. The van der Waals surface area contributed by atoms with Crippen molar-refractivity contribution in [2.24, 2.45) is 0 Å². The number of fused-ring (bicyclic) bond motifs is 1. The van der Waals surface area contributed by atoms with Gasteiger partial charge in [-0.05, 0) is 64.9 Å². The van der Waals surface area contributed by atoms with Gasteiger partial charge in [0, 0.05) is 12.2 Å². The summed E-state index contributed by atoms with van der Waals surface area (Å²) in [5.74, 6) is 0. The molecule has 0 bridgehead atoms. The summed E-state index contributed by atoms with van der Waals surface area (Å²) in [5.41, 5.74) is 5.15. The summed E-state index contributed by atoms with van der Waals surface area (Å²) in [5, 5.41) is 6.11. The highest BCUT2D eigenvalue weighted by Gasteiger charge is 2.00. The average Bonchev–Trinajstić information content (AvgIpc) is 2.74. The minimum Gasteiger partial charge on any atom is -0.385 e. The molecule has 0 fully saturated rings. The molecule has 0 aliphatic rings. The van der Waals surface area contributed by atoms with E-state index in [0.29, 0.717) is 0 Å². The van der Waals surface area contributed by atoms with Crippen LogP contribution in [0.5, 0.6) is 0 Å². The van der Waals surface area contributed by atoms with Gasteiger partial charge in [-0.3, -0.25) is 0 Å². The first-order chi connectivity index (χ1) is 13.4. The zero-order valence-electron chi connectivity index (χ0n) is 15.6. The molecule has 4 rings (SSSR count).